The van der Waals surface area contributed by atoms with Gasteiger partial charge in [0.05, 0.1) is 6.42 Å². The van der Waals surface area contributed by atoms with Crippen molar-refractivity contribution < 1.29 is 9.90 Å². The smallest absolute Gasteiger partial charge is 0.307 e. The van der Waals surface area contributed by atoms with Crippen molar-refractivity contribution in [3.05, 3.63) is 35.5 Å². The lowest BCUT2D eigenvalue weighted by Crippen LogP contribution is -2.10. The molecule has 0 fully saturated rings. The first kappa shape index (κ1) is 14.6. The lowest BCUT2D eigenvalue weighted by molar-refractivity contribution is -0.136. The summed E-state index contributed by atoms with van der Waals surface area (Å²) >= 11 is 0. The lowest BCUT2D eigenvalue weighted by atomic mass is 9.86. The molecule has 2 aromatic rings. The van der Waals surface area contributed by atoms with Gasteiger partial charge in [0.1, 0.15) is 0 Å². The highest BCUT2D eigenvalue weighted by Gasteiger charge is 2.18. The maximum Gasteiger partial charge on any atom is 0.307 e. The molecule has 1 aromatic carbocycles. The van der Waals surface area contributed by atoms with Gasteiger partial charge in [0.15, 0.2) is 0 Å². The third-order valence-corrected chi connectivity index (χ3v) is 3.68. The van der Waals surface area contributed by atoms with Crippen LogP contribution in [0.15, 0.2) is 24.4 Å². The summed E-state index contributed by atoms with van der Waals surface area (Å²) in [5.74, 6) is -0.783. The first-order chi connectivity index (χ1) is 9.20. The van der Waals surface area contributed by atoms with Crippen LogP contribution in [0.2, 0.25) is 0 Å². The van der Waals surface area contributed by atoms with Crippen molar-refractivity contribution in [3.8, 4) is 0 Å². The highest BCUT2D eigenvalue weighted by molar-refractivity contribution is 5.88. The largest absolute Gasteiger partial charge is 0.481 e. The van der Waals surface area contributed by atoms with E-state index in [1.54, 1.807) is 0 Å². The van der Waals surface area contributed by atoms with Crippen molar-refractivity contribution in [2.45, 2.75) is 52.5 Å². The fourth-order valence-corrected chi connectivity index (χ4v) is 2.52. The quantitative estimate of drug-likeness (QED) is 0.913. The Morgan fingerprint density at radius 1 is 1.30 bits per heavy atom. The lowest BCUT2D eigenvalue weighted by Gasteiger charge is -2.19. The molecule has 0 saturated heterocycles. The molecule has 0 unspecified atom stereocenters. The molecular weight excluding hydrogens is 250 g/mol. The fourth-order valence-electron chi connectivity index (χ4n) is 2.52. The van der Waals surface area contributed by atoms with Crippen molar-refractivity contribution in [1.82, 2.24) is 4.57 Å². The van der Waals surface area contributed by atoms with Crippen LogP contribution in [0.5, 0.6) is 0 Å². The maximum absolute atomic E-state index is 11.1. The molecule has 20 heavy (non-hydrogen) atoms. The first-order valence-corrected chi connectivity index (χ1v) is 7.06. The van der Waals surface area contributed by atoms with Crippen LogP contribution in [0.25, 0.3) is 10.9 Å². The van der Waals surface area contributed by atoms with Gasteiger partial charge in [-0.2, -0.15) is 0 Å². The minimum Gasteiger partial charge on any atom is -0.481 e. The topological polar surface area (TPSA) is 42.2 Å². The number of carbonyl (C=O) groups is 1. The number of hydrogen-bond donors (Lipinski definition) is 1. The van der Waals surface area contributed by atoms with Gasteiger partial charge in [0.2, 0.25) is 0 Å². The van der Waals surface area contributed by atoms with E-state index in [0.29, 0.717) is 6.04 Å². The third kappa shape index (κ3) is 2.72. The monoisotopic (exact) mass is 273 g/mol. The highest BCUT2D eigenvalue weighted by Crippen LogP contribution is 2.30. The van der Waals surface area contributed by atoms with E-state index in [2.05, 4.69) is 57.4 Å². The molecule has 2 rings (SSSR count). The second-order valence-electron chi connectivity index (χ2n) is 6.71. The summed E-state index contributed by atoms with van der Waals surface area (Å²) < 4.78 is 2.15. The zero-order valence-corrected chi connectivity index (χ0v) is 12.9. The summed E-state index contributed by atoms with van der Waals surface area (Å²) in [6.07, 6.45) is 2.06. The molecule has 0 atom stereocenters. The Hall–Kier alpha value is -1.77. The summed E-state index contributed by atoms with van der Waals surface area (Å²) in [5, 5.41) is 10.2. The molecule has 108 valence electrons. The molecule has 0 aliphatic heterocycles. The molecule has 1 heterocycles. The van der Waals surface area contributed by atoms with E-state index < -0.39 is 5.97 Å². The average molecular weight is 273 g/mol. The Morgan fingerprint density at radius 3 is 2.45 bits per heavy atom. The molecule has 1 N–H and O–H groups in total. The van der Waals surface area contributed by atoms with Crippen molar-refractivity contribution in [2.75, 3.05) is 0 Å². The van der Waals surface area contributed by atoms with Crippen LogP contribution in [0.3, 0.4) is 0 Å². The number of aliphatic carboxylic acids is 1. The number of rotatable bonds is 3. The number of hydrogen-bond acceptors (Lipinski definition) is 1. The molecular formula is C17H23NO2. The predicted molar refractivity (Wildman–Crippen MR) is 82.4 cm³/mol. The third-order valence-electron chi connectivity index (χ3n) is 3.68. The molecule has 0 amide bonds. The molecule has 3 heteroatoms. The van der Waals surface area contributed by atoms with Gasteiger partial charge in [-0.3, -0.25) is 4.79 Å². The van der Waals surface area contributed by atoms with Gasteiger partial charge in [0, 0.05) is 23.1 Å². The van der Waals surface area contributed by atoms with Crippen LogP contribution in [-0.4, -0.2) is 15.6 Å². The minimum atomic E-state index is -0.783. The van der Waals surface area contributed by atoms with Gasteiger partial charge >= 0.3 is 5.97 Å². The molecule has 0 bridgehead atoms. The van der Waals surface area contributed by atoms with Crippen molar-refractivity contribution in [3.63, 3.8) is 0 Å². The summed E-state index contributed by atoms with van der Waals surface area (Å²) in [7, 11) is 0. The average Bonchev–Trinajstić information content (AvgIpc) is 2.66. The van der Waals surface area contributed by atoms with E-state index in [1.807, 2.05) is 6.20 Å². The minimum absolute atomic E-state index is 0.0641. The predicted octanol–water partition coefficient (Wildman–Crippen LogP) is 4.15. The SMILES string of the molecule is CC(C)n1cc(CC(=O)O)c2cc(C(C)(C)C)ccc21. The Balaban J connectivity index is 2.68. The van der Waals surface area contributed by atoms with Crippen molar-refractivity contribution >= 4 is 16.9 Å². The van der Waals surface area contributed by atoms with Crippen LogP contribution in [0.1, 0.15) is 51.8 Å². The van der Waals surface area contributed by atoms with Gasteiger partial charge in [-0.25, -0.2) is 0 Å². The van der Waals surface area contributed by atoms with E-state index >= 15 is 0 Å². The normalized spacial score (nSPS) is 12.3. The van der Waals surface area contributed by atoms with E-state index in [4.69, 9.17) is 5.11 Å². The van der Waals surface area contributed by atoms with Crippen LogP contribution < -0.4 is 0 Å². The zero-order valence-electron chi connectivity index (χ0n) is 12.9. The number of carboxylic acid groups (broad SMARTS) is 1. The number of carboxylic acids is 1. The summed E-state index contributed by atoms with van der Waals surface area (Å²) in [6, 6.07) is 6.72. The Labute approximate surface area is 120 Å². The molecule has 1 aromatic heterocycles. The summed E-state index contributed by atoms with van der Waals surface area (Å²) in [4.78, 5) is 11.1. The Morgan fingerprint density at radius 2 is 1.95 bits per heavy atom. The van der Waals surface area contributed by atoms with Gasteiger partial charge in [-0.1, -0.05) is 26.8 Å². The van der Waals surface area contributed by atoms with E-state index in [-0.39, 0.29) is 11.8 Å². The Bertz CT molecular complexity index is 645. The molecule has 0 radical (unpaired) electrons. The van der Waals surface area contributed by atoms with Crippen LogP contribution in [-0.2, 0) is 16.6 Å². The second kappa shape index (κ2) is 4.97. The summed E-state index contributed by atoms with van der Waals surface area (Å²) in [6.45, 7) is 10.7. The second-order valence-corrected chi connectivity index (χ2v) is 6.71. The fraction of sp³-hybridized carbons (Fsp3) is 0.471. The van der Waals surface area contributed by atoms with Gasteiger partial charge in [0.25, 0.3) is 0 Å². The van der Waals surface area contributed by atoms with E-state index in [9.17, 15) is 4.79 Å². The summed E-state index contributed by atoms with van der Waals surface area (Å²) in [5.41, 5.74) is 3.31. The Kier molecular flexibility index (Phi) is 3.63. The number of nitrogens with zero attached hydrogens (tertiary/aromatic N) is 1. The van der Waals surface area contributed by atoms with Gasteiger partial charge in [-0.05, 0) is 42.5 Å². The number of aromatic nitrogens is 1. The van der Waals surface area contributed by atoms with E-state index in [0.717, 1.165) is 16.5 Å². The molecule has 3 nitrogen and oxygen atoms in total. The molecule has 0 saturated carbocycles. The van der Waals surface area contributed by atoms with Crippen LogP contribution in [0, 0.1) is 0 Å². The standard InChI is InChI=1S/C17H23NO2/c1-11(2)18-10-12(8-16(19)20)14-9-13(17(3,4)5)6-7-15(14)18/h6-7,9-11H,8H2,1-5H3,(H,19,20). The van der Waals surface area contributed by atoms with Gasteiger partial charge in [-0.15, -0.1) is 0 Å². The van der Waals surface area contributed by atoms with Crippen LogP contribution in [0.4, 0.5) is 0 Å². The maximum atomic E-state index is 11.1. The molecule has 0 aliphatic carbocycles. The van der Waals surface area contributed by atoms with Crippen molar-refractivity contribution in [2.24, 2.45) is 0 Å². The zero-order chi connectivity index (χ0) is 15.1. The van der Waals surface area contributed by atoms with Crippen molar-refractivity contribution in [1.29, 1.82) is 0 Å². The van der Waals surface area contributed by atoms with Crippen LogP contribution >= 0.6 is 0 Å². The molecule has 0 spiro atoms. The first-order valence-electron chi connectivity index (χ1n) is 7.06. The highest BCUT2D eigenvalue weighted by atomic mass is 16.4. The molecule has 0 aliphatic rings. The van der Waals surface area contributed by atoms with E-state index in [1.165, 1.54) is 5.56 Å². The number of fused-ring (bicyclic) bond motifs is 1. The van der Waals surface area contributed by atoms with Gasteiger partial charge < -0.3 is 9.67 Å². The number of benzene rings is 1.